The van der Waals surface area contributed by atoms with Gasteiger partial charge in [-0.2, -0.15) is 0 Å². The molecule has 2 atom stereocenters. The second-order valence-corrected chi connectivity index (χ2v) is 10.3. The molecule has 4 rings (SSSR count). The third kappa shape index (κ3) is 4.95. The molecule has 2 aromatic rings. The van der Waals surface area contributed by atoms with Gasteiger partial charge in [-0.25, -0.2) is 0 Å². The summed E-state index contributed by atoms with van der Waals surface area (Å²) in [4.78, 5) is 13.2. The van der Waals surface area contributed by atoms with Gasteiger partial charge in [0.05, 0.1) is 0 Å². The predicted octanol–water partition coefficient (Wildman–Crippen LogP) is 4.43. The first kappa shape index (κ1) is 23.1. The van der Waals surface area contributed by atoms with Crippen LogP contribution in [-0.2, 0) is 16.8 Å². The second-order valence-electron chi connectivity index (χ2n) is 9.54. The van der Waals surface area contributed by atoms with Crippen LogP contribution in [0, 0.1) is 0 Å². The number of carbonyl (C=O) groups is 1. The topological polar surface area (TPSA) is 61.8 Å². The lowest BCUT2D eigenvalue weighted by atomic mass is 9.70. The Kier molecular flexibility index (Phi) is 6.80. The van der Waals surface area contributed by atoms with Gasteiger partial charge in [-0.1, -0.05) is 42.5 Å². The number of carboxylic acid groups (broad SMARTS) is 1. The predicted molar refractivity (Wildman–Crippen MR) is 127 cm³/mol. The fourth-order valence-corrected chi connectivity index (χ4v) is 5.64. The average Bonchev–Trinajstić information content (AvgIpc) is 3.24. The van der Waals surface area contributed by atoms with Crippen LogP contribution in [0.4, 0.5) is 0 Å². The Hall–Kier alpha value is -2.08. The van der Waals surface area contributed by atoms with E-state index in [1.54, 1.807) is 0 Å². The average molecular weight is 457 g/mol. The summed E-state index contributed by atoms with van der Waals surface area (Å²) in [7, 11) is 4.34. The number of alkyl halides is 1. The number of aliphatic carboxylic acids is 1. The highest BCUT2D eigenvalue weighted by Gasteiger charge is 2.44. The van der Waals surface area contributed by atoms with Crippen molar-refractivity contribution in [3.63, 3.8) is 0 Å². The highest BCUT2D eigenvalue weighted by molar-refractivity contribution is 6.24. The van der Waals surface area contributed by atoms with Gasteiger partial charge in [0.2, 0.25) is 0 Å². The van der Waals surface area contributed by atoms with E-state index in [4.69, 9.17) is 21.4 Å². The maximum Gasteiger partial charge on any atom is 0.320 e. The van der Waals surface area contributed by atoms with Gasteiger partial charge in [0, 0.05) is 23.4 Å². The van der Waals surface area contributed by atoms with Crippen molar-refractivity contribution in [3.05, 3.63) is 65.7 Å². The van der Waals surface area contributed by atoms with Gasteiger partial charge >= 0.3 is 5.97 Å². The largest absolute Gasteiger partial charge is 0.489 e. The lowest BCUT2D eigenvalue weighted by molar-refractivity contribution is -0.139. The van der Waals surface area contributed by atoms with E-state index in [9.17, 15) is 4.79 Å². The van der Waals surface area contributed by atoms with Gasteiger partial charge in [-0.15, -0.1) is 11.6 Å². The van der Waals surface area contributed by atoms with E-state index in [2.05, 4.69) is 66.8 Å². The van der Waals surface area contributed by atoms with Crippen molar-refractivity contribution < 1.29 is 14.6 Å². The number of rotatable bonds is 7. The van der Waals surface area contributed by atoms with Crippen LogP contribution in [0.1, 0.15) is 43.2 Å². The van der Waals surface area contributed by atoms with Crippen molar-refractivity contribution in [1.29, 1.82) is 0 Å². The van der Waals surface area contributed by atoms with Crippen molar-refractivity contribution >= 4 is 17.6 Å². The fourth-order valence-electron chi connectivity index (χ4n) is 5.30. The smallest absolute Gasteiger partial charge is 0.320 e. The van der Waals surface area contributed by atoms with E-state index in [1.165, 1.54) is 5.56 Å². The molecule has 1 heterocycles. The van der Waals surface area contributed by atoms with Crippen LogP contribution in [-0.4, -0.2) is 53.6 Å². The molecule has 0 amide bonds. The molecule has 172 valence electrons. The Labute approximate surface area is 195 Å². The quantitative estimate of drug-likeness (QED) is 0.603. The van der Waals surface area contributed by atoms with Crippen molar-refractivity contribution in [2.24, 2.45) is 0 Å². The molecule has 1 saturated heterocycles. The third-order valence-electron chi connectivity index (χ3n) is 7.25. The summed E-state index contributed by atoms with van der Waals surface area (Å²) in [5.74, 6) is -0.0427. The van der Waals surface area contributed by atoms with Crippen molar-refractivity contribution in [2.75, 3.05) is 20.6 Å². The molecule has 1 aliphatic carbocycles. The molecule has 0 spiro atoms. The highest BCUT2D eigenvalue weighted by atomic mass is 35.5. The zero-order valence-electron chi connectivity index (χ0n) is 18.9. The minimum Gasteiger partial charge on any atom is -0.489 e. The summed E-state index contributed by atoms with van der Waals surface area (Å²) in [5, 5.41) is 12.2. The zero-order valence-corrected chi connectivity index (χ0v) is 19.6. The minimum atomic E-state index is -0.824. The molecule has 1 aliphatic heterocycles. The molecule has 32 heavy (non-hydrogen) atoms. The maximum absolute atomic E-state index is 11.2. The van der Waals surface area contributed by atoms with Crippen molar-refractivity contribution in [1.82, 2.24) is 10.2 Å². The molecular formula is C26H33ClN2O3. The molecule has 0 bridgehead atoms. The Balaban J connectivity index is 1.41. The van der Waals surface area contributed by atoms with E-state index in [1.807, 2.05) is 12.1 Å². The summed E-state index contributed by atoms with van der Waals surface area (Å²) in [6.07, 6.45) is 5.08. The number of hydrogen-bond donors (Lipinski definition) is 2. The number of halogens is 1. The van der Waals surface area contributed by atoms with Gasteiger partial charge < -0.3 is 15.2 Å². The number of benzene rings is 2. The lowest BCUT2D eigenvalue weighted by Gasteiger charge is -2.48. The van der Waals surface area contributed by atoms with Crippen LogP contribution in [0.25, 0.3) is 0 Å². The number of nitrogens with one attached hydrogen (secondary N) is 1. The standard InChI is InChI=1S/C26H33ClN2O3/c1-29(2)26(20-8-4-3-5-9-20)13-11-25(27,12-14-26)17-19-7-6-10-21(15-19)32-22-16-23(24(30)31)28-18-22/h3-10,15,22-23,28H,11-14,16-18H2,1-2H3,(H,30,31)/t22-,23-,25?,26?/m0/s1. The van der Waals surface area contributed by atoms with E-state index < -0.39 is 12.0 Å². The van der Waals surface area contributed by atoms with Gasteiger partial charge in [0.25, 0.3) is 0 Å². The van der Waals surface area contributed by atoms with E-state index in [-0.39, 0.29) is 16.5 Å². The van der Waals surface area contributed by atoms with Gasteiger partial charge in [-0.3, -0.25) is 9.69 Å². The molecular weight excluding hydrogens is 424 g/mol. The summed E-state index contributed by atoms with van der Waals surface area (Å²) < 4.78 is 6.07. The highest BCUT2D eigenvalue weighted by Crippen LogP contribution is 2.48. The number of nitrogens with zero attached hydrogens (tertiary/aromatic N) is 1. The first-order valence-electron chi connectivity index (χ1n) is 11.4. The van der Waals surface area contributed by atoms with Crippen LogP contribution in [0.3, 0.4) is 0 Å². The van der Waals surface area contributed by atoms with Crippen molar-refractivity contribution in [3.8, 4) is 5.75 Å². The van der Waals surface area contributed by atoms with Crippen LogP contribution in [0.2, 0.25) is 0 Å². The van der Waals surface area contributed by atoms with E-state index >= 15 is 0 Å². The summed E-state index contributed by atoms with van der Waals surface area (Å²) in [6, 6.07) is 18.3. The Morgan fingerprint density at radius 2 is 1.84 bits per heavy atom. The maximum atomic E-state index is 11.2. The third-order valence-corrected chi connectivity index (χ3v) is 7.76. The van der Waals surface area contributed by atoms with Gasteiger partial charge in [0.15, 0.2) is 0 Å². The number of carboxylic acids is 1. The van der Waals surface area contributed by atoms with Crippen LogP contribution >= 0.6 is 11.6 Å². The van der Waals surface area contributed by atoms with Crippen LogP contribution in [0.5, 0.6) is 5.75 Å². The zero-order chi connectivity index (χ0) is 22.8. The second kappa shape index (κ2) is 9.42. The first-order chi connectivity index (χ1) is 15.3. The normalized spacial score (nSPS) is 30.4. The summed E-state index contributed by atoms with van der Waals surface area (Å²) in [6.45, 7) is 0.548. The molecule has 0 radical (unpaired) electrons. The summed E-state index contributed by atoms with van der Waals surface area (Å²) >= 11 is 7.17. The van der Waals surface area contributed by atoms with E-state index in [0.717, 1.165) is 43.4 Å². The monoisotopic (exact) mass is 456 g/mol. The van der Waals surface area contributed by atoms with Crippen LogP contribution < -0.4 is 10.1 Å². The molecule has 0 unspecified atom stereocenters. The van der Waals surface area contributed by atoms with Crippen molar-refractivity contribution in [2.45, 2.75) is 61.1 Å². The SMILES string of the molecule is CN(C)C1(c2ccccc2)CCC(Cl)(Cc2cccc(O[C@@H]3CN[C@H](C(=O)O)C3)c2)CC1. The Bertz CT molecular complexity index is 926. The number of ether oxygens (including phenoxy) is 1. The molecule has 1 saturated carbocycles. The van der Waals surface area contributed by atoms with Crippen LogP contribution in [0.15, 0.2) is 54.6 Å². The Morgan fingerprint density at radius 1 is 1.12 bits per heavy atom. The molecule has 2 fully saturated rings. The molecule has 2 aliphatic rings. The minimum absolute atomic E-state index is 0.0285. The van der Waals surface area contributed by atoms with E-state index in [0.29, 0.717) is 13.0 Å². The summed E-state index contributed by atoms with van der Waals surface area (Å²) in [5.41, 5.74) is 2.56. The molecule has 6 heteroatoms. The fraction of sp³-hybridized carbons (Fsp3) is 0.500. The molecule has 2 N–H and O–H groups in total. The molecule has 2 aromatic carbocycles. The van der Waals surface area contributed by atoms with Gasteiger partial charge in [0.1, 0.15) is 17.9 Å². The molecule has 0 aromatic heterocycles. The lowest BCUT2D eigenvalue weighted by Crippen LogP contribution is -2.48. The van der Waals surface area contributed by atoms with Gasteiger partial charge in [-0.05, 0) is 69.5 Å². The molecule has 5 nitrogen and oxygen atoms in total. The first-order valence-corrected chi connectivity index (χ1v) is 11.8. The number of hydrogen-bond acceptors (Lipinski definition) is 4. The Morgan fingerprint density at radius 3 is 2.47 bits per heavy atom.